The molecule has 73 valence electrons. The Labute approximate surface area is 93.6 Å². The maximum atomic E-state index is 4.94. The lowest BCUT2D eigenvalue weighted by atomic mass is 10.0. The van der Waals surface area contributed by atoms with Gasteiger partial charge in [0, 0.05) is 0 Å². The van der Waals surface area contributed by atoms with Crippen molar-refractivity contribution in [3.05, 3.63) is 6.92 Å². The van der Waals surface area contributed by atoms with Crippen LogP contribution < -0.4 is 0 Å². The Morgan fingerprint density at radius 2 is 1.67 bits per heavy atom. The van der Waals surface area contributed by atoms with Crippen molar-refractivity contribution in [3.8, 4) is 0 Å². The van der Waals surface area contributed by atoms with Gasteiger partial charge in [-0.2, -0.15) is 0 Å². The highest BCUT2D eigenvalue weighted by molar-refractivity contribution is 7.54. The molecule has 0 amide bonds. The predicted octanol–water partition coefficient (Wildman–Crippen LogP) is 4.72. The Hall–Kier alpha value is 1.40. The molecule has 0 saturated heterocycles. The highest BCUT2D eigenvalue weighted by atomic mass is 35.8. The molecule has 0 aromatic heterocycles. The minimum Gasteiger partial charge on any atom is -0.214 e. The molecule has 1 atom stereocenters. The quantitative estimate of drug-likeness (QED) is 0.630. The summed E-state index contributed by atoms with van der Waals surface area (Å²) in [5.41, 5.74) is 0. The maximum absolute atomic E-state index is 4.94. The second kappa shape index (κ2) is 12.4. The number of unbranched alkanes of at least 4 members (excludes halogenated alkanes) is 1. The third-order valence-corrected chi connectivity index (χ3v) is 1.54. The molecule has 0 aliphatic rings. The van der Waals surface area contributed by atoms with Crippen molar-refractivity contribution in [2.75, 3.05) is 0 Å². The summed E-state index contributed by atoms with van der Waals surface area (Å²) in [5, 5.41) is 0. The van der Waals surface area contributed by atoms with Crippen LogP contribution in [0.2, 0.25) is 0 Å². The first-order valence-electron chi connectivity index (χ1n) is 4.29. The van der Waals surface area contributed by atoms with Crippen molar-refractivity contribution >= 4 is 41.5 Å². The lowest BCUT2D eigenvalue weighted by molar-refractivity contribution is 0.537. The fourth-order valence-corrected chi connectivity index (χ4v) is 0.697. The minimum atomic E-state index is -1.72. The van der Waals surface area contributed by atoms with Gasteiger partial charge in [0.1, 0.15) is 0 Å². The van der Waals surface area contributed by atoms with Crippen LogP contribution in [-0.2, 0) is 0 Å². The van der Waals surface area contributed by atoms with E-state index in [4.69, 9.17) is 30.1 Å². The van der Waals surface area contributed by atoms with E-state index in [1.807, 2.05) is 0 Å². The third kappa shape index (κ3) is 22.5. The summed E-state index contributed by atoms with van der Waals surface area (Å²) < 4.78 is 0. The van der Waals surface area contributed by atoms with Crippen LogP contribution in [0.4, 0.5) is 0 Å². The minimum absolute atomic E-state index is 0.704. The van der Waals surface area contributed by atoms with E-state index in [-0.39, 0.29) is 0 Å². The second-order valence-corrected chi connectivity index (χ2v) is 9.10. The van der Waals surface area contributed by atoms with E-state index in [1.165, 1.54) is 25.7 Å². The summed E-state index contributed by atoms with van der Waals surface area (Å²) in [6.45, 7) is 8.42. The van der Waals surface area contributed by atoms with Gasteiger partial charge in [0.25, 0.3) is 0 Å². The van der Waals surface area contributed by atoms with Gasteiger partial charge >= 0.3 is 11.4 Å². The number of halogens is 3. The Balaban J connectivity index is 0. The van der Waals surface area contributed by atoms with Crippen molar-refractivity contribution < 1.29 is 0 Å². The number of hydrogen-bond acceptors (Lipinski definition) is 0. The molecule has 1 radical (unpaired) electrons. The predicted molar refractivity (Wildman–Crippen MR) is 62.0 cm³/mol. The summed E-state index contributed by atoms with van der Waals surface area (Å²) in [4.78, 5) is 0. The summed E-state index contributed by atoms with van der Waals surface area (Å²) in [7, 11) is 14.8. The first-order chi connectivity index (χ1) is 5.54. The van der Waals surface area contributed by atoms with Gasteiger partial charge in [-0.05, 0) is 5.92 Å². The van der Waals surface area contributed by atoms with E-state index in [0.717, 1.165) is 0 Å². The summed E-state index contributed by atoms with van der Waals surface area (Å²) in [6.07, 6.45) is 5.21. The van der Waals surface area contributed by atoms with Gasteiger partial charge in [-0.3, -0.25) is 0 Å². The average molecular weight is 247 g/mol. The Bertz CT molecular complexity index is 75.9. The zero-order valence-corrected chi connectivity index (χ0v) is 11.2. The lowest BCUT2D eigenvalue weighted by Gasteiger charge is -2.04. The van der Waals surface area contributed by atoms with E-state index in [9.17, 15) is 0 Å². The van der Waals surface area contributed by atoms with Crippen LogP contribution in [-0.4, -0.2) is 11.4 Å². The molecule has 0 N–H and O–H groups in total. The van der Waals surface area contributed by atoms with Crippen LogP contribution in [0.3, 0.4) is 0 Å². The monoisotopic (exact) mass is 245 g/mol. The highest BCUT2D eigenvalue weighted by Crippen LogP contribution is 2.09. The fraction of sp³-hybridized carbons (Fsp3) is 0.875. The molecular weight excluding hydrogens is 229 g/mol. The van der Waals surface area contributed by atoms with Gasteiger partial charge in [0.15, 0.2) is 0 Å². The topological polar surface area (TPSA) is 0 Å². The van der Waals surface area contributed by atoms with Gasteiger partial charge in [-0.1, -0.05) is 46.5 Å². The van der Waals surface area contributed by atoms with Crippen molar-refractivity contribution in [3.63, 3.8) is 0 Å². The normalized spacial score (nSPS) is 11.5. The number of hydrogen-bond donors (Lipinski definition) is 0. The molecular formula is C8H17AlCl3. The standard InChI is InChI=1S/C8H17.Al.3ClH/c1-4-6-7-8(3)5-2;;;;/h8H,3-7H2,1-2H3;;3*1H/q;+3;;;/p-3. The zero-order chi connectivity index (χ0) is 9.98. The average Bonchev–Trinajstić information content (AvgIpc) is 1.99. The van der Waals surface area contributed by atoms with Crippen LogP contribution in [0.5, 0.6) is 0 Å². The van der Waals surface area contributed by atoms with E-state index >= 15 is 0 Å². The largest absolute Gasteiger partial charge is 0.643 e. The number of rotatable bonds is 4. The van der Waals surface area contributed by atoms with E-state index in [0.29, 0.717) is 5.92 Å². The van der Waals surface area contributed by atoms with E-state index in [2.05, 4.69) is 20.8 Å². The smallest absolute Gasteiger partial charge is 0.214 e. The first kappa shape index (κ1) is 15.9. The van der Waals surface area contributed by atoms with Crippen molar-refractivity contribution in [2.24, 2.45) is 5.92 Å². The van der Waals surface area contributed by atoms with Crippen LogP contribution >= 0.6 is 30.1 Å². The molecule has 0 aromatic rings. The van der Waals surface area contributed by atoms with Gasteiger partial charge < -0.3 is 0 Å². The van der Waals surface area contributed by atoms with Crippen LogP contribution in [0, 0.1) is 12.8 Å². The Morgan fingerprint density at radius 3 is 1.92 bits per heavy atom. The molecule has 1 unspecified atom stereocenters. The lowest BCUT2D eigenvalue weighted by Crippen LogP contribution is -1.90. The molecule has 0 rings (SSSR count). The Morgan fingerprint density at radius 1 is 1.25 bits per heavy atom. The van der Waals surface area contributed by atoms with Crippen molar-refractivity contribution in [1.29, 1.82) is 0 Å². The second-order valence-electron chi connectivity index (χ2n) is 2.66. The molecule has 12 heavy (non-hydrogen) atoms. The molecule has 0 aliphatic heterocycles. The molecule has 0 aromatic carbocycles. The first-order valence-corrected chi connectivity index (χ1v) is 9.53. The molecule has 0 heterocycles. The molecule has 0 fully saturated rings. The zero-order valence-electron chi connectivity index (χ0n) is 7.82. The van der Waals surface area contributed by atoms with Crippen LogP contribution in [0.15, 0.2) is 0 Å². The van der Waals surface area contributed by atoms with Crippen LogP contribution in [0.1, 0.15) is 39.5 Å². The molecule has 0 bridgehead atoms. The SMILES string of the molecule is [CH2]C(CC)CCCC.[Cl][Al]([Cl])[Cl]. The third-order valence-electron chi connectivity index (χ3n) is 1.54. The maximum Gasteiger partial charge on any atom is 0.643 e. The van der Waals surface area contributed by atoms with Gasteiger partial charge in [0.05, 0.1) is 0 Å². The summed E-state index contributed by atoms with van der Waals surface area (Å²) in [5.74, 6) is 0.704. The Kier molecular flexibility index (Phi) is 16.4. The van der Waals surface area contributed by atoms with E-state index < -0.39 is 11.4 Å². The van der Waals surface area contributed by atoms with Crippen molar-refractivity contribution in [2.45, 2.75) is 39.5 Å². The molecule has 0 spiro atoms. The van der Waals surface area contributed by atoms with E-state index in [1.54, 1.807) is 0 Å². The van der Waals surface area contributed by atoms with Crippen molar-refractivity contribution in [1.82, 2.24) is 0 Å². The summed E-state index contributed by atoms with van der Waals surface area (Å²) >= 11 is -1.72. The highest BCUT2D eigenvalue weighted by Gasteiger charge is 2.00. The fourth-order valence-electron chi connectivity index (χ4n) is 0.697. The molecule has 0 nitrogen and oxygen atoms in total. The van der Waals surface area contributed by atoms with Crippen LogP contribution in [0.25, 0.3) is 0 Å². The summed E-state index contributed by atoms with van der Waals surface area (Å²) in [6, 6.07) is 0. The molecule has 0 saturated carbocycles. The van der Waals surface area contributed by atoms with Gasteiger partial charge in [-0.25, -0.2) is 30.1 Å². The van der Waals surface area contributed by atoms with Gasteiger partial charge in [-0.15, -0.1) is 0 Å². The molecule has 4 heteroatoms. The molecule has 0 aliphatic carbocycles. The van der Waals surface area contributed by atoms with Gasteiger partial charge in [0.2, 0.25) is 0 Å².